The van der Waals surface area contributed by atoms with Gasteiger partial charge in [0.2, 0.25) is 11.8 Å². The second kappa shape index (κ2) is 7.39. The van der Waals surface area contributed by atoms with Gasteiger partial charge in [0.15, 0.2) is 0 Å². The maximum Gasteiger partial charge on any atom is 0.326 e. The van der Waals surface area contributed by atoms with E-state index in [0.717, 1.165) is 5.01 Å². The van der Waals surface area contributed by atoms with E-state index in [9.17, 15) is 14.4 Å². The second-order valence-corrected chi connectivity index (χ2v) is 5.09. The summed E-state index contributed by atoms with van der Waals surface area (Å²) in [5.74, 6) is -2.39. The molecule has 0 saturated carbocycles. The summed E-state index contributed by atoms with van der Waals surface area (Å²) in [5.41, 5.74) is 5.57. The third-order valence-electron chi connectivity index (χ3n) is 2.34. The van der Waals surface area contributed by atoms with Gasteiger partial charge in [-0.05, 0) is 19.4 Å². The summed E-state index contributed by atoms with van der Waals surface area (Å²) >= 11 is 1.45. The van der Waals surface area contributed by atoms with Gasteiger partial charge >= 0.3 is 5.97 Å². The number of nitrogens with two attached hydrogens (primary N) is 1. The van der Waals surface area contributed by atoms with Crippen LogP contribution in [-0.2, 0) is 14.4 Å². The van der Waals surface area contributed by atoms with E-state index in [1.165, 1.54) is 23.5 Å². The minimum absolute atomic E-state index is 0.0416. The number of carbonyl (C=O) groups is 3. The van der Waals surface area contributed by atoms with Crippen LogP contribution in [0.2, 0.25) is 0 Å². The number of hydrogen-bond acceptors (Lipinski definition) is 5. The van der Waals surface area contributed by atoms with Gasteiger partial charge in [0.05, 0.1) is 10.7 Å². The van der Waals surface area contributed by atoms with Crippen molar-refractivity contribution in [2.24, 2.45) is 5.73 Å². The molecule has 0 unspecified atom stereocenters. The summed E-state index contributed by atoms with van der Waals surface area (Å²) in [6.07, 6.45) is 2.55. The van der Waals surface area contributed by atoms with E-state index in [1.54, 1.807) is 5.38 Å². The van der Waals surface area contributed by atoms with Crippen molar-refractivity contribution in [2.75, 3.05) is 0 Å². The van der Waals surface area contributed by atoms with Crippen LogP contribution in [0, 0.1) is 6.92 Å². The average Bonchev–Trinajstić information content (AvgIpc) is 2.77. The Morgan fingerprint density at radius 3 is 2.75 bits per heavy atom. The predicted molar refractivity (Wildman–Crippen MR) is 73.9 cm³/mol. The summed E-state index contributed by atoms with van der Waals surface area (Å²) in [4.78, 5) is 37.3. The molecule has 0 aliphatic rings. The van der Waals surface area contributed by atoms with E-state index in [-0.39, 0.29) is 12.8 Å². The first kappa shape index (κ1) is 15.8. The van der Waals surface area contributed by atoms with Gasteiger partial charge in [-0.1, -0.05) is 0 Å². The van der Waals surface area contributed by atoms with E-state index < -0.39 is 23.8 Å². The Morgan fingerprint density at radius 2 is 2.25 bits per heavy atom. The fraction of sp³-hybridized carbons (Fsp3) is 0.333. The zero-order valence-electron chi connectivity index (χ0n) is 10.8. The quantitative estimate of drug-likeness (QED) is 0.625. The zero-order chi connectivity index (χ0) is 15.1. The van der Waals surface area contributed by atoms with Crippen LogP contribution in [0.15, 0.2) is 11.5 Å². The summed E-state index contributed by atoms with van der Waals surface area (Å²) in [5, 5.41) is 13.9. The zero-order valence-corrected chi connectivity index (χ0v) is 11.6. The number of carboxylic acids is 1. The summed E-state index contributed by atoms with van der Waals surface area (Å²) in [6, 6.07) is -1.14. The third-order valence-corrected chi connectivity index (χ3v) is 3.13. The normalized spacial score (nSPS) is 12.2. The van der Waals surface area contributed by atoms with Gasteiger partial charge in [0.1, 0.15) is 6.04 Å². The number of carboxylic acid groups (broad SMARTS) is 1. The molecule has 0 saturated heterocycles. The van der Waals surface area contributed by atoms with Crippen molar-refractivity contribution < 1.29 is 19.5 Å². The van der Waals surface area contributed by atoms with Crippen LogP contribution >= 0.6 is 11.3 Å². The molecule has 1 aromatic rings. The van der Waals surface area contributed by atoms with Crippen LogP contribution in [0.3, 0.4) is 0 Å². The molecular formula is C12H15N3O4S. The maximum absolute atomic E-state index is 11.6. The molecular weight excluding hydrogens is 282 g/mol. The molecule has 1 heterocycles. The summed E-state index contributed by atoms with van der Waals surface area (Å²) in [7, 11) is 0. The minimum Gasteiger partial charge on any atom is -0.480 e. The number of aryl methyl sites for hydroxylation is 1. The smallest absolute Gasteiger partial charge is 0.326 e. The monoisotopic (exact) mass is 297 g/mol. The van der Waals surface area contributed by atoms with Crippen molar-refractivity contribution in [3.63, 3.8) is 0 Å². The van der Waals surface area contributed by atoms with Gasteiger partial charge < -0.3 is 16.2 Å². The molecule has 0 bridgehead atoms. The third kappa shape index (κ3) is 5.61. The molecule has 8 heteroatoms. The Hall–Kier alpha value is -2.22. The first-order valence-corrected chi connectivity index (χ1v) is 6.68. The summed E-state index contributed by atoms with van der Waals surface area (Å²) in [6.45, 7) is 1.84. The predicted octanol–water partition coefficient (Wildman–Crippen LogP) is 0.300. The lowest BCUT2D eigenvalue weighted by molar-refractivity contribution is -0.141. The lowest BCUT2D eigenvalue weighted by Crippen LogP contribution is -2.40. The lowest BCUT2D eigenvalue weighted by Gasteiger charge is -2.11. The number of nitrogens with one attached hydrogen (secondary N) is 1. The lowest BCUT2D eigenvalue weighted by atomic mass is 10.1. The van der Waals surface area contributed by atoms with Crippen molar-refractivity contribution in [1.82, 2.24) is 10.3 Å². The van der Waals surface area contributed by atoms with E-state index >= 15 is 0 Å². The van der Waals surface area contributed by atoms with Gasteiger partial charge in [-0.3, -0.25) is 9.59 Å². The Labute approximate surface area is 119 Å². The Kier molecular flexibility index (Phi) is 5.85. The number of thiazole rings is 1. The first-order chi connectivity index (χ1) is 9.38. The molecule has 0 spiro atoms. The van der Waals surface area contributed by atoms with Gasteiger partial charge in [-0.15, -0.1) is 11.3 Å². The maximum atomic E-state index is 11.6. The molecule has 7 nitrogen and oxygen atoms in total. The number of aromatic nitrogens is 1. The number of nitrogens with zero attached hydrogens (tertiary/aromatic N) is 1. The Morgan fingerprint density at radius 1 is 1.55 bits per heavy atom. The molecule has 0 aromatic carbocycles. The number of primary amides is 1. The topological polar surface area (TPSA) is 122 Å². The second-order valence-electron chi connectivity index (χ2n) is 4.03. The van der Waals surface area contributed by atoms with Gasteiger partial charge in [0.25, 0.3) is 0 Å². The van der Waals surface area contributed by atoms with Crippen molar-refractivity contribution >= 4 is 35.2 Å². The molecule has 1 aromatic heterocycles. The fourth-order valence-electron chi connectivity index (χ4n) is 1.38. The van der Waals surface area contributed by atoms with Crippen LogP contribution in [-0.4, -0.2) is 33.9 Å². The minimum atomic E-state index is -1.21. The number of aliphatic carboxylic acids is 1. The highest BCUT2D eigenvalue weighted by molar-refractivity contribution is 7.09. The van der Waals surface area contributed by atoms with Gasteiger partial charge in [0, 0.05) is 17.9 Å². The highest BCUT2D eigenvalue weighted by atomic mass is 32.1. The van der Waals surface area contributed by atoms with E-state index in [2.05, 4.69) is 10.3 Å². The van der Waals surface area contributed by atoms with Crippen LogP contribution in [0.25, 0.3) is 6.08 Å². The van der Waals surface area contributed by atoms with E-state index in [0.29, 0.717) is 5.69 Å². The highest BCUT2D eigenvalue weighted by Gasteiger charge is 2.19. The number of rotatable bonds is 7. The average molecular weight is 297 g/mol. The molecule has 0 aliphatic heterocycles. The van der Waals surface area contributed by atoms with Crippen molar-refractivity contribution in [3.05, 3.63) is 22.2 Å². The number of carbonyl (C=O) groups excluding carboxylic acids is 2. The molecule has 0 fully saturated rings. The molecule has 0 radical (unpaired) electrons. The molecule has 20 heavy (non-hydrogen) atoms. The Bertz CT molecular complexity index is 539. The van der Waals surface area contributed by atoms with Crippen molar-refractivity contribution in [2.45, 2.75) is 25.8 Å². The standard InChI is InChI=1S/C12H15N3O4S/c1-7-14-8(6-20-7)2-5-11(17)15-9(12(18)19)3-4-10(13)16/h2,5-6,9H,3-4H2,1H3,(H2,13,16)(H,15,17)(H,18,19)/b5-2+/t9-/m1/s1. The van der Waals surface area contributed by atoms with Crippen molar-refractivity contribution in [1.29, 1.82) is 0 Å². The molecule has 1 rings (SSSR count). The highest BCUT2D eigenvalue weighted by Crippen LogP contribution is 2.09. The van der Waals surface area contributed by atoms with Crippen LogP contribution in [0.5, 0.6) is 0 Å². The van der Waals surface area contributed by atoms with Crippen molar-refractivity contribution in [3.8, 4) is 0 Å². The largest absolute Gasteiger partial charge is 0.480 e. The van der Waals surface area contributed by atoms with Crippen LogP contribution < -0.4 is 11.1 Å². The molecule has 0 aliphatic carbocycles. The van der Waals surface area contributed by atoms with Gasteiger partial charge in [-0.2, -0.15) is 0 Å². The molecule has 2 amide bonds. The first-order valence-electron chi connectivity index (χ1n) is 5.80. The number of hydrogen-bond donors (Lipinski definition) is 3. The van der Waals surface area contributed by atoms with Crippen LogP contribution in [0.1, 0.15) is 23.5 Å². The Balaban J connectivity index is 2.55. The molecule has 4 N–H and O–H groups in total. The SMILES string of the molecule is Cc1nc(/C=C/C(=O)N[C@H](CCC(N)=O)C(=O)O)cs1. The molecule has 108 valence electrons. The van der Waals surface area contributed by atoms with Gasteiger partial charge in [-0.25, -0.2) is 9.78 Å². The van der Waals surface area contributed by atoms with E-state index in [1.807, 2.05) is 6.92 Å². The fourth-order valence-corrected chi connectivity index (χ4v) is 1.96. The summed E-state index contributed by atoms with van der Waals surface area (Å²) < 4.78 is 0. The van der Waals surface area contributed by atoms with Crippen LogP contribution in [0.4, 0.5) is 0 Å². The molecule has 1 atom stereocenters. The number of amides is 2. The van der Waals surface area contributed by atoms with E-state index in [4.69, 9.17) is 10.8 Å².